The summed E-state index contributed by atoms with van der Waals surface area (Å²) in [6, 6.07) is 12.2. The molecular weight excluding hydrogens is 282 g/mol. The lowest BCUT2D eigenvalue weighted by Crippen LogP contribution is -2.18. The van der Waals surface area contributed by atoms with Gasteiger partial charge in [-0.05, 0) is 24.3 Å². The highest BCUT2D eigenvalue weighted by Gasteiger charge is 2.50. The summed E-state index contributed by atoms with van der Waals surface area (Å²) in [5.41, 5.74) is 5.05. The maximum Gasteiger partial charge on any atom is 0.129 e. The summed E-state index contributed by atoms with van der Waals surface area (Å²) >= 11 is 0. The average molecular weight is 312 g/mol. The lowest BCUT2D eigenvalue weighted by atomic mass is 9.86. The largest absolute Gasteiger partial charge is 0.278 e. The van der Waals surface area contributed by atoms with Crippen LogP contribution in [0.25, 0.3) is 0 Å². The zero-order chi connectivity index (χ0) is 15.6. The third-order valence-corrected chi connectivity index (χ3v) is 5.80. The van der Waals surface area contributed by atoms with Crippen molar-refractivity contribution in [1.29, 1.82) is 0 Å². The van der Waals surface area contributed by atoms with E-state index in [1.807, 2.05) is 0 Å². The molecule has 3 rings (SSSR count). The van der Waals surface area contributed by atoms with Gasteiger partial charge in [-0.2, -0.15) is 0 Å². The number of benzene rings is 1. The second-order valence-electron chi connectivity index (χ2n) is 8.01. The molecule has 0 bridgehead atoms. The fraction of sp³-hybridized carbons (Fsp3) is 0.600. The van der Waals surface area contributed by atoms with E-state index in [4.69, 9.17) is 0 Å². The molecule has 1 aromatic carbocycles. The maximum absolute atomic E-state index is 3.65. The van der Waals surface area contributed by atoms with Gasteiger partial charge in [-0.15, -0.1) is 5.54 Å². The van der Waals surface area contributed by atoms with Crippen molar-refractivity contribution in [2.45, 2.75) is 70.4 Å². The Bertz CT molecular complexity index is 543. The Balaban J connectivity index is 1.71. The van der Waals surface area contributed by atoms with Gasteiger partial charge in [-0.3, -0.25) is 4.90 Å². The van der Waals surface area contributed by atoms with Crippen LogP contribution in [0.4, 0.5) is 0 Å². The maximum atomic E-state index is 3.65. The molecule has 1 aliphatic heterocycles. The number of nitrogens with zero attached hydrogens (tertiary/aromatic N) is 1. The van der Waals surface area contributed by atoms with Crippen LogP contribution in [-0.2, 0) is 6.54 Å². The van der Waals surface area contributed by atoms with Gasteiger partial charge < -0.3 is 0 Å². The molecule has 1 saturated carbocycles. The van der Waals surface area contributed by atoms with Gasteiger partial charge in [0.1, 0.15) is 8.07 Å². The summed E-state index contributed by atoms with van der Waals surface area (Å²) in [6.07, 6.45) is 7.12. The molecule has 2 aliphatic rings. The minimum Gasteiger partial charge on any atom is -0.278 e. The zero-order valence-electron chi connectivity index (χ0n) is 14.3. The van der Waals surface area contributed by atoms with E-state index in [9.17, 15) is 0 Å². The summed E-state index contributed by atoms with van der Waals surface area (Å²) in [4.78, 5) is 2.65. The Morgan fingerprint density at radius 3 is 2.36 bits per heavy atom. The Morgan fingerprint density at radius 1 is 1.05 bits per heavy atom. The zero-order valence-corrected chi connectivity index (χ0v) is 15.3. The molecule has 1 nitrogen and oxygen atoms in total. The van der Waals surface area contributed by atoms with E-state index >= 15 is 0 Å². The summed E-state index contributed by atoms with van der Waals surface area (Å²) in [7, 11) is -1.27. The van der Waals surface area contributed by atoms with Crippen LogP contribution >= 0.6 is 0 Å². The Labute approximate surface area is 137 Å². The third kappa shape index (κ3) is 4.03. The highest BCUT2D eigenvalue weighted by Crippen LogP contribution is 2.42. The predicted octanol–water partition coefficient (Wildman–Crippen LogP) is 4.70. The van der Waals surface area contributed by atoms with E-state index in [2.05, 4.69) is 66.3 Å². The quantitative estimate of drug-likeness (QED) is 0.444. The van der Waals surface area contributed by atoms with Gasteiger partial charge in [0.05, 0.1) is 6.04 Å². The SMILES string of the molecule is C[Si](C)(C)C#C[C@H]1[C@H](C2CCCCC2)N1Cc1ccccc1. The molecule has 1 unspecified atom stereocenters. The third-order valence-electron chi connectivity index (χ3n) is 4.91. The van der Waals surface area contributed by atoms with Crippen molar-refractivity contribution in [2.75, 3.05) is 0 Å². The molecular formula is C20H29NSi. The first-order valence-corrected chi connectivity index (χ1v) is 12.4. The van der Waals surface area contributed by atoms with E-state index in [0.717, 1.165) is 18.5 Å². The van der Waals surface area contributed by atoms with E-state index < -0.39 is 8.07 Å². The minimum absolute atomic E-state index is 0.523. The molecule has 118 valence electrons. The Kier molecular flexibility index (Phi) is 4.75. The first-order valence-electron chi connectivity index (χ1n) is 8.87. The van der Waals surface area contributed by atoms with Crippen LogP contribution in [0.2, 0.25) is 19.6 Å². The Hall–Kier alpha value is -1.04. The number of hydrogen-bond donors (Lipinski definition) is 0. The minimum atomic E-state index is -1.27. The van der Waals surface area contributed by atoms with Crippen LogP contribution in [0.5, 0.6) is 0 Å². The topological polar surface area (TPSA) is 3.01 Å². The predicted molar refractivity (Wildman–Crippen MR) is 97.3 cm³/mol. The second-order valence-corrected chi connectivity index (χ2v) is 12.8. The van der Waals surface area contributed by atoms with Gasteiger partial charge in [0.2, 0.25) is 0 Å². The average Bonchev–Trinajstić information content (AvgIpc) is 3.19. The number of rotatable bonds is 3. The molecule has 1 aliphatic carbocycles. The molecule has 0 spiro atoms. The van der Waals surface area contributed by atoms with E-state index in [1.165, 1.54) is 37.7 Å². The fourth-order valence-electron chi connectivity index (χ4n) is 3.76. The molecule has 0 radical (unpaired) electrons. The molecule has 22 heavy (non-hydrogen) atoms. The molecule has 0 amide bonds. The smallest absolute Gasteiger partial charge is 0.129 e. The fourth-order valence-corrected chi connectivity index (χ4v) is 4.34. The highest BCUT2D eigenvalue weighted by molar-refractivity contribution is 6.83. The van der Waals surface area contributed by atoms with Gasteiger partial charge in [-0.1, -0.05) is 75.2 Å². The molecule has 1 aromatic rings. The van der Waals surface area contributed by atoms with Gasteiger partial charge in [0.25, 0.3) is 0 Å². The van der Waals surface area contributed by atoms with Crippen LogP contribution in [0.1, 0.15) is 37.7 Å². The van der Waals surface area contributed by atoms with Crippen LogP contribution in [0.15, 0.2) is 30.3 Å². The molecule has 3 atom stereocenters. The standard InChI is InChI=1S/C20H29NSi/c1-22(2,3)15-14-19-20(18-12-8-5-9-13-18)21(19)16-17-10-6-4-7-11-17/h4,6-7,10-11,18-20H,5,8-9,12-13,16H2,1-3H3/t19-,20-,21?/m0/s1. The van der Waals surface area contributed by atoms with Crippen molar-refractivity contribution in [2.24, 2.45) is 5.92 Å². The summed E-state index contributed by atoms with van der Waals surface area (Å²) in [5.74, 6) is 4.54. The number of hydrogen-bond acceptors (Lipinski definition) is 1. The molecule has 0 N–H and O–H groups in total. The molecule has 1 heterocycles. The van der Waals surface area contributed by atoms with Gasteiger partial charge in [0.15, 0.2) is 0 Å². The van der Waals surface area contributed by atoms with Crippen molar-refractivity contribution in [3.8, 4) is 11.5 Å². The monoisotopic (exact) mass is 311 g/mol. The summed E-state index contributed by atoms with van der Waals surface area (Å²) in [6.45, 7) is 8.12. The summed E-state index contributed by atoms with van der Waals surface area (Å²) in [5, 5.41) is 0. The van der Waals surface area contributed by atoms with Crippen LogP contribution in [0.3, 0.4) is 0 Å². The molecule has 1 saturated heterocycles. The lowest BCUT2D eigenvalue weighted by Gasteiger charge is -2.21. The van der Waals surface area contributed by atoms with Gasteiger partial charge in [-0.25, -0.2) is 0 Å². The van der Waals surface area contributed by atoms with Gasteiger partial charge in [0, 0.05) is 12.6 Å². The first kappa shape index (κ1) is 15.8. The Morgan fingerprint density at radius 2 is 1.73 bits per heavy atom. The van der Waals surface area contributed by atoms with Gasteiger partial charge >= 0.3 is 0 Å². The molecule has 2 heteroatoms. The van der Waals surface area contributed by atoms with E-state index in [-0.39, 0.29) is 0 Å². The van der Waals surface area contributed by atoms with Crippen molar-refractivity contribution in [1.82, 2.24) is 4.90 Å². The summed E-state index contributed by atoms with van der Waals surface area (Å²) < 4.78 is 0. The lowest BCUT2D eigenvalue weighted by molar-refractivity contribution is 0.309. The van der Waals surface area contributed by atoms with Crippen molar-refractivity contribution >= 4 is 8.07 Å². The van der Waals surface area contributed by atoms with Crippen molar-refractivity contribution < 1.29 is 0 Å². The van der Waals surface area contributed by atoms with Crippen molar-refractivity contribution in [3.63, 3.8) is 0 Å². The molecule has 2 fully saturated rings. The normalized spacial score (nSPS) is 28.8. The van der Waals surface area contributed by atoms with E-state index in [0.29, 0.717) is 6.04 Å². The molecule has 0 aromatic heterocycles. The second kappa shape index (κ2) is 6.60. The van der Waals surface area contributed by atoms with Crippen LogP contribution in [0, 0.1) is 17.4 Å². The van der Waals surface area contributed by atoms with Crippen LogP contribution in [-0.4, -0.2) is 25.1 Å². The highest BCUT2D eigenvalue weighted by atomic mass is 28.3. The van der Waals surface area contributed by atoms with Crippen molar-refractivity contribution in [3.05, 3.63) is 35.9 Å². The first-order chi connectivity index (χ1) is 10.5. The van der Waals surface area contributed by atoms with E-state index in [1.54, 1.807) is 0 Å². The van der Waals surface area contributed by atoms with Crippen LogP contribution < -0.4 is 0 Å².